The zero-order valence-corrected chi connectivity index (χ0v) is 12.0. The summed E-state index contributed by atoms with van der Waals surface area (Å²) in [5.41, 5.74) is 1.70. The fraction of sp³-hybridized carbons (Fsp3) is 0.455. The van der Waals surface area contributed by atoms with Crippen LogP contribution in [-0.4, -0.2) is 40.9 Å². The molecule has 2 aromatic heterocycles. The standard InChI is InChI=1S/C11H12BrClN4O/c12-8-5-9-11(14-7-8)17(10(6-13)15-9)16-1-3-18-4-2-16/h5,7H,1-4,6H2. The Balaban J connectivity index is 2.12. The average molecular weight is 332 g/mol. The van der Waals surface area contributed by atoms with Gasteiger partial charge in [-0.25, -0.2) is 14.6 Å². The highest BCUT2D eigenvalue weighted by atomic mass is 79.9. The maximum absolute atomic E-state index is 5.98. The molecule has 0 amide bonds. The molecular weight excluding hydrogens is 320 g/mol. The minimum atomic E-state index is 0.366. The summed E-state index contributed by atoms with van der Waals surface area (Å²) in [4.78, 5) is 8.96. The van der Waals surface area contributed by atoms with Gasteiger partial charge in [0.05, 0.1) is 32.2 Å². The summed E-state index contributed by atoms with van der Waals surface area (Å²) in [6.07, 6.45) is 1.78. The molecule has 3 heterocycles. The molecule has 1 aliphatic rings. The second-order valence-electron chi connectivity index (χ2n) is 4.04. The predicted molar refractivity (Wildman–Crippen MR) is 73.6 cm³/mol. The lowest BCUT2D eigenvalue weighted by molar-refractivity contribution is 0.111. The number of nitrogens with zero attached hydrogens (tertiary/aromatic N) is 4. The van der Waals surface area contributed by atoms with Gasteiger partial charge in [-0.15, -0.1) is 11.6 Å². The lowest BCUT2D eigenvalue weighted by Gasteiger charge is -2.30. The molecule has 96 valence electrons. The fourth-order valence-electron chi connectivity index (χ4n) is 2.11. The number of fused-ring (bicyclic) bond motifs is 1. The summed E-state index contributed by atoms with van der Waals surface area (Å²) >= 11 is 9.39. The highest BCUT2D eigenvalue weighted by Crippen LogP contribution is 2.20. The highest BCUT2D eigenvalue weighted by Gasteiger charge is 2.19. The van der Waals surface area contributed by atoms with Crippen molar-refractivity contribution in [2.45, 2.75) is 5.88 Å². The monoisotopic (exact) mass is 330 g/mol. The largest absolute Gasteiger partial charge is 0.378 e. The van der Waals surface area contributed by atoms with Crippen LogP contribution in [0.25, 0.3) is 11.2 Å². The topological polar surface area (TPSA) is 43.2 Å². The van der Waals surface area contributed by atoms with Crippen LogP contribution in [0.3, 0.4) is 0 Å². The van der Waals surface area contributed by atoms with Crippen molar-refractivity contribution in [2.24, 2.45) is 0 Å². The van der Waals surface area contributed by atoms with Crippen molar-refractivity contribution >= 4 is 38.7 Å². The molecule has 0 bridgehead atoms. The molecule has 0 radical (unpaired) electrons. The van der Waals surface area contributed by atoms with E-state index in [0.29, 0.717) is 5.88 Å². The normalized spacial score (nSPS) is 16.4. The Labute approximate surface area is 118 Å². The third kappa shape index (κ3) is 2.08. The molecule has 5 nitrogen and oxygen atoms in total. The van der Waals surface area contributed by atoms with Gasteiger partial charge in [0.25, 0.3) is 0 Å². The zero-order valence-electron chi connectivity index (χ0n) is 9.64. The molecule has 3 rings (SSSR count). The Kier molecular flexibility index (Phi) is 3.41. The summed E-state index contributed by atoms with van der Waals surface area (Å²) in [6.45, 7) is 3.09. The van der Waals surface area contributed by atoms with E-state index in [-0.39, 0.29) is 0 Å². The molecule has 0 N–H and O–H groups in total. The first-order valence-electron chi connectivity index (χ1n) is 5.71. The van der Waals surface area contributed by atoms with Gasteiger partial charge in [-0.1, -0.05) is 0 Å². The minimum Gasteiger partial charge on any atom is -0.378 e. The summed E-state index contributed by atoms with van der Waals surface area (Å²) < 4.78 is 8.30. The van der Waals surface area contributed by atoms with E-state index >= 15 is 0 Å². The lowest BCUT2D eigenvalue weighted by atomic mass is 10.4. The second-order valence-corrected chi connectivity index (χ2v) is 5.22. The summed E-state index contributed by atoms with van der Waals surface area (Å²) in [5, 5.41) is 2.18. The van der Waals surface area contributed by atoms with E-state index in [1.54, 1.807) is 6.20 Å². The quantitative estimate of drug-likeness (QED) is 0.788. The third-order valence-corrected chi connectivity index (χ3v) is 3.57. The van der Waals surface area contributed by atoms with E-state index in [1.165, 1.54) is 0 Å². The van der Waals surface area contributed by atoms with Crippen molar-refractivity contribution < 1.29 is 4.74 Å². The fourth-order valence-corrected chi connectivity index (χ4v) is 2.61. The van der Waals surface area contributed by atoms with Crippen LogP contribution in [0.4, 0.5) is 0 Å². The van der Waals surface area contributed by atoms with Crippen molar-refractivity contribution in [2.75, 3.05) is 31.3 Å². The number of halogens is 2. The summed E-state index contributed by atoms with van der Waals surface area (Å²) in [7, 11) is 0. The number of alkyl halides is 1. The van der Waals surface area contributed by atoms with Gasteiger partial charge < -0.3 is 9.75 Å². The van der Waals surface area contributed by atoms with E-state index < -0.39 is 0 Å². The Morgan fingerprint density at radius 2 is 2.17 bits per heavy atom. The molecule has 0 atom stereocenters. The van der Waals surface area contributed by atoms with Crippen LogP contribution in [0.5, 0.6) is 0 Å². The van der Waals surface area contributed by atoms with Crippen molar-refractivity contribution in [1.82, 2.24) is 14.6 Å². The van der Waals surface area contributed by atoms with E-state index in [4.69, 9.17) is 16.3 Å². The van der Waals surface area contributed by atoms with Gasteiger partial charge in [0, 0.05) is 10.7 Å². The van der Waals surface area contributed by atoms with E-state index in [9.17, 15) is 0 Å². The highest BCUT2D eigenvalue weighted by molar-refractivity contribution is 9.10. The van der Waals surface area contributed by atoms with Crippen LogP contribution in [0.2, 0.25) is 0 Å². The second kappa shape index (κ2) is 5.03. The van der Waals surface area contributed by atoms with Crippen LogP contribution in [0.15, 0.2) is 16.7 Å². The maximum atomic E-state index is 5.98. The lowest BCUT2D eigenvalue weighted by Crippen LogP contribution is -2.44. The molecule has 1 aliphatic heterocycles. The summed E-state index contributed by atoms with van der Waals surface area (Å²) in [5.74, 6) is 1.19. The Bertz CT molecular complexity index is 567. The first-order valence-corrected chi connectivity index (χ1v) is 7.04. The average Bonchev–Trinajstić information content (AvgIpc) is 2.77. The number of hydrogen-bond acceptors (Lipinski definition) is 4. The van der Waals surface area contributed by atoms with E-state index in [0.717, 1.165) is 47.8 Å². The number of rotatable bonds is 2. The SMILES string of the molecule is ClCc1nc2cc(Br)cnc2n1N1CCOCC1. The van der Waals surface area contributed by atoms with Gasteiger partial charge >= 0.3 is 0 Å². The smallest absolute Gasteiger partial charge is 0.179 e. The van der Waals surface area contributed by atoms with Crippen LogP contribution in [0.1, 0.15) is 5.82 Å². The maximum Gasteiger partial charge on any atom is 0.179 e. The number of imidazole rings is 1. The molecule has 0 aliphatic carbocycles. The van der Waals surface area contributed by atoms with Gasteiger partial charge in [-0.3, -0.25) is 0 Å². The molecular formula is C11H12BrClN4O. The van der Waals surface area contributed by atoms with Crippen molar-refractivity contribution in [1.29, 1.82) is 0 Å². The van der Waals surface area contributed by atoms with Gasteiger partial charge in [0.15, 0.2) is 5.65 Å². The first-order chi connectivity index (χ1) is 8.79. The number of hydrogen-bond donors (Lipinski definition) is 0. The molecule has 18 heavy (non-hydrogen) atoms. The summed E-state index contributed by atoms with van der Waals surface area (Å²) in [6, 6.07) is 1.95. The number of morpholine rings is 1. The zero-order chi connectivity index (χ0) is 12.5. The number of ether oxygens (including phenoxy) is 1. The van der Waals surface area contributed by atoms with Gasteiger partial charge in [-0.2, -0.15) is 0 Å². The van der Waals surface area contributed by atoms with Gasteiger partial charge in [-0.05, 0) is 22.0 Å². The molecule has 0 unspecified atom stereocenters. The Morgan fingerprint density at radius 1 is 1.39 bits per heavy atom. The van der Waals surface area contributed by atoms with E-state index in [1.807, 2.05) is 10.7 Å². The molecule has 1 fully saturated rings. The van der Waals surface area contributed by atoms with Crippen LogP contribution >= 0.6 is 27.5 Å². The van der Waals surface area contributed by atoms with Crippen LogP contribution in [0, 0.1) is 0 Å². The number of aromatic nitrogens is 3. The van der Waals surface area contributed by atoms with Crippen molar-refractivity contribution in [3.05, 3.63) is 22.6 Å². The van der Waals surface area contributed by atoms with Gasteiger partial charge in [0.1, 0.15) is 11.3 Å². The van der Waals surface area contributed by atoms with E-state index in [2.05, 4.69) is 30.9 Å². The van der Waals surface area contributed by atoms with Crippen LogP contribution in [-0.2, 0) is 10.6 Å². The third-order valence-electron chi connectivity index (χ3n) is 2.90. The molecule has 0 saturated carbocycles. The first kappa shape index (κ1) is 12.2. The van der Waals surface area contributed by atoms with Crippen molar-refractivity contribution in [3.63, 3.8) is 0 Å². The van der Waals surface area contributed by atoms with Gasteiger partial charge in [0.2, 0.25) is 0 Å². The molecule has 2 aromatic rings. The predicted octanol–water partition coefficient (Wildman–Crippen LogP) is 1.90. The Hall–Kier alpha value is -0.850. The molecule has 0 spiro atoms. The number of pyridine rings is 1. The van der Waals surface area contributed by atoms with Crippen molar-refractivity contribution in [3.8, 4) is 0 Å². The molecule has 1 saturated heterocycles. The van der Waals surface area contributed by atoms with Crippen LogP contribution < -0.4 is 5.01 Å². The molecule has 7 heteroatoms. The molecule has 0 aromatic carbocycles. The Morgan fingerprint density at radius 3 is 2.89 bits per heavy atom. The minimum absolute atomic E-state index is 0.366.